The molecule has 0 amide bonds. The van der Waals surface area contributed by atoms with Crippen LogP contribution in [0, 0.1) is 0 Å². The lowest BCUT2D eigenvalue weighted by atomic mass is 10.0. The quantitative estimate of drug-likeness (QED) is 0.584. The minimum absolute atomic E-state index is 0. The Morgan fingerprint density at radius 1 is 1.30 bits per heavy atom. The van der Waals surface area contributed by atoms with Gasteiger partial charge in [0.05, 0.1) is 0 Å². The first kappa shape index (κ1) is 12.3. The largest absolute Gasteiger partial charge is 0.344 e. The second-order valence-electron chi connectivity index (χ2n) is 2.70. The van der Waals surface area contributed by atoms with E-state index in [2.05, 4.69) is 27.7 Å². The summed E-state index contributed by atoms with van der Waals surface area (Å²) in [6, 6.07) is 0.273. The Bertz CT molecular complexity index is 112. The second kappa shape index (κ2) is 5.45. The van der Waals surface area contributed by atoms with Gasteiger partial charge >= 0.3 is 0 Å². The van der Waals surface area contributed by atoms with E-state index in [4.69, 9.17) is 5.73 Å². The molecule has 62 valence electrons. The fraction of sp³-hybridized carbons (Fsp3) is 0.750. The van der Waals surface area contributed by atoms with Crippen LogP contribution in [0.4, 0.5) is 0 Å². The van der Waals surface area contributed by atoms with Crippen molar-refractivity contribution in [1.82, 2.24) is 6.15 Å². The van der Waals surface area contributed by atoms with E-state index < -0.39 is 0 Å². The van der Waals surface area contributed by atoms with E-state index in [1.54, 1.807) is 0 Å². The summed E-state index contributed by atoms with van der Waals surface area (Å²) in [5.41, 5.74) is 8.44. The molecule has 0 aromatic rings. The van der Waals surface area contributed by atoms with Gasteiger partial charge in [0, 0.05) is 6.04 Å². The van der Waals surface area contributed by atoms with Crippen molar-refractivity contribution in [2.75, 3.05) is 0 Å². The predicted molar refractivity (Wildman–Crippen MR) is 47.3 cm³/mol. The molecule has 0 heterocycles. The van der Waals surface area contributed by atoms with Gasteiger partial charge in [0.15, 0.2) is 0 Å². The molecule has 0 aromatic heterocycles. The van der Waals surface area contributed by atoms with Crippen LogP contribution in [-0.4, -0.2) is 6.04 Å². The van der Waals surface area contributed by atoms with Gasteiger partial charge in [0.25, 0.3) is 0 Å². The molecule has 0 rings (SSSR count). The Morgan fingerprint density at radius 3 is 1.80 bits per heavy atom. The van der Waals surface area contributed by atoms with Crippen molar-refractivity contribution in [3.05, 3.63) is 11.1 Å². The van der Waals surface area contributed by atoms with Gasteiger partial charge in [-0.15, -0.1) is 0 Å². The molecule has 10 heavy (non-hydrogen) atoms. The maximum Gasteiger partial charge on any atom is 0.0250 e. The van der Waals surface area contributed by atoms with Crippen molar-refractivity contribution in [2.45, 2.75) is 40.2 Å². The molecule has 0 aliphatic rings. The molecular formula is C8H20N2. The Labute approximate surface area is 64.1 Å². The van der Waals surface area contributed by atoms with E-state index in [1.807, 2.05) is 0 Å². The Balaban J connectivity index is 0. The number of hydrogen-bond acceptors (Lipinski definition) is 2. The van der Waals surface area contributed by atoms with E-state index in [0.29, 0.717) is 0 Å². The molecule has 1 atom stereocenters. The second-order valence-corrected chi connectivity index (χ2v) is 2.70. The van der Waals surface area contributed by atoms with Crippen LogP contribution < -0.4 is 11.9 Å². The lowest BCUT2D eigenvalue weighted by Crippen LogP contribution is -2.20. The first-order valence-corrected chi connectivity index (χ1v) is 3.49. The van der Waals surface area contributed by atoms with E-state index >= 15 is 0 Å². The molecular weight excluding hydrogens is 124 g/mol. The summed E-state index contributed by atoms with van der Waals surface area (Å²) < 4.78 is 0. The number of allylic oxidation sites excluding steroid dienone is 1. The smallest absolute Gasteiger partial charge is 0.0250 e. The normalized spacial score (nSPS) is 11.7. The molecule has 0 saturated carbocycles. The minimum atomic E-state index is 0. The first-order chi connectivity index (χ1) is 4.09. The number of nitrogens with two attached hydrogens (primary N) is 1. The fourth-order valence-corrected chi connectivity index (χ4v) is 0.677. The van der Waals surface area contributed by atoms with Crippen molar-refractivity contribution >= 4 is 0 Å². The monoisotopic (exact) mass is 144 g/mol. The highest BCUT2D eigenvalue weighted by atomic mass is 14.6. The zero-order valence-corrected chi connectivity index (χ0v) is 7.57. The van der Waals surface area contributed by atoms with Crippen LogP contribution in [0.2, 0.25) is 0 Å². The topological polar surface area (TPSA) is 61.0 Å². The standard InChI is InChI=1S/C8H17N.H3N/c1-5-8(9)7(4)6(2)3;/h8H,5,9H2,1-4H3;1H3. The Kier molecular flexibility index (Phi) is 6.72. The summed E-state index contributed by atoms with van der Waals surface area (Å²) in [5, 5.41) is 0. The van der Waals surface area contributed by atoms with Gasteiger partial charge < -0.3 is 11.9 Å². The van der Waals surface area contributed by atoms with Crippen LogP contribution in [0.1, 0.15) is 34.1 Å². The Morgan fingerprint density at radius 2 is 1.70 bits per heavy atom. The molecule has 0 aliphatic carbocycles. The molecule has 0 aliphatic heterocycles. The van der Waals surface area contributed by atoms with E-state index in [-0.39, 0.29) is 12.2 Å². The highest BCUT2D eigenvalue weighted by molar-refractivity contribution is 5.12. The highest BCUT2D eigenvalue weighted by Gasteiger charge is 2.00. The first-order valence-electron chi connectivity index (χ1n) is 3.49. The third kappa shape index (κ3) is 3.64. The predicted octanol–water partition coefficient (Wildman–Crippen LogP) is 2.24. The highest BCUT2D eigenvalue weighted by Crippen LogP contribution is 2.07. The molecule has 0 radical (unpaired) electrons. The molecule has 5 N–H and O–H groups in total. The van der Waals surface area contributed by atoms with Gasteiger partial charge in [0.2, 0.25) is 0 Å². The molecule has 1 unspecified atom stereocenters. The fourth-order valence-electron chi connectivity index (χ4n) is 0.677. The van der Waals surface area contributed by atoms with Gasteiger partial charge in [-0.25, -0.2) is 0 Å². The van der Waals surface area contributed by atoms with E-state index in [1.165, 1.54) is 11.1 Å². The number of rotatable bonds is 2. The van der Waals surface area contributed by atoms with Gasteiger partial charge in [-0.2, -0.15) is 0 Å². The summed E-state index contributed by atoms with van der Waals surface area (Å²) in [6.07, 6.45) is 1.04. The lowest BCUT2D eigenvalue weighted by molar-refractivity contribution is 0.731. The van der Waals surface area contributed by atoms with Crippen molar-refractivity contribution in [3.63, 3.8) is 0 Å². The third-order valence-corrected chi connectivity index (χ3v) is 1.78. The zero-order chi connectivity index (χ0) is 7.44. The molecule has 0 saturated heterocycles. The minimum Gasteiger partial charge on any atom is -0.344 e. The van der Waals surface area contributed by atoms with Gasteiger partial charge in [0.1, 0.15) is 0 Å². The van der Waals surface area contributed by atoms with E-state index in [9.17, 15) is 0 Å². The SMILES string of the molecule is CCC(N)C(C)=C(C)C.N. The summed E-state index contributed by atoms with van der Waals surface area (Å²) in [4.78, 5) is 0. The zero-order valence-electron chi connectivity index (χ0n) is 7.57. The molecule has 2 heteroatoms. The molecule has 2 nitrogen and oxygen atoms in total. The van der Waals surface area contributed by atoms with Crippen molar-refractivity contribution in [2.24, 2.45) is 5.73 Å². The summed E-state index contributed by atoms with van der Waals surface area (Å²) in [7, 11) is 0. The third-order valence-electron chi connectivity index (χ3n) is 1.78. The van der Waals surface area contributed by atoms with Gasteiger partial charge in [-0.3, -0.25) is 0 Å². The summed E-state index contributed by atoms with van der Waals surface area (Å²) in [6.45, 7) is 8.41. The Hall–Kier alpha value is -0.340. The lowest BCUT2D eigenvalue weighted by Gasteiger charge is -2.10. The average Bonchev–Trinajstić information content (AvgIpc) is 1.84. The van der Waals surface area contributed by atoms with Crippen molar-refractivity contribution in [1.29, 1.82) is 0 Å². The summed E-state index contributed by atoms with van der Waals surface area (Å²) >= 11 is 0. The van der Waals surface area contributed by atoms with Crippen LogP contribution in [0.25, 0.3) is 0 Å². The van der Waals surface area contributed by atoms with Crippen LogP contribution in [0.3, 0.4) is 0 Å². The van der Waals surface area contributed by atoms with E-state index in [0.717, 1.165) is 6.42 Å². The van der Waals surface area contributed by atoms with Crippen LogP contribution in [-0.2, 0) is 0 Å². The molecule has 0 fully saturated rings. The number of hydrogen-bond donors (Lipinski definition) is 2. The van der Waals surface area contributed by atoms with Gasteiger partial charge in [-0.1, -0.05) is 18.1 Å². The molecule has 0 aromatic carbocycles. The van der Waals surface area contributed by atoms with Crippen molar-refractivity contribution in [3.8, 4) is 0 Å². The van der Waals surface area contributed by atoms with Crippen LogP contribution >= 0.6 is 0 Å². The van der Waals surface area contributed by atoms with Gasteiger partial charge in [-0.05, 0) is 27.2 Å². The van der Waals surface area contributed by atoms with Crippen LogP contribution in [0.5, 0.6) is 0 Å². The molecule has 0 bridgehead atoms. The van der Waals surface area contributed by atoms with Crippen molar-refractivity contribution < 1.29 is 0 Å². The summed E-state index contributed by atoms with van der Waals surface area (Å²) in [5.74, 6) is 0. The van der Waals surface area contributed by atoms with Crippen LogP contribution in [0.15, 0.2) is 11.1 Å². The maximum absolute atomic E-state index is 5.76. The molecule has 0 spiro atoms. The maximum atomic E-state index is 5.76. The average molecular weight is 144 g/mol.